The number of nitrogens with zero attached hydrogens (tertiary/aromatic N) is 3. The average Bonchev–Trinajstić information content (AvgIpc) is 3.13. The zero-order valence-electron chi connectivity index (χ0n) is 13.7. The van der Waals surface area contributed by atoms with Crippen LogP contribution in [0.3, 0.4) is 0 Å². The Morgan fingerprint density at radius 2 is 1.77 bits per heavy atom. The fourth-order valence-electron chi connectivity index (χ4n) is 2.76. The number of carbonyl (C=O) groups excluding carboxylic acids is 1. The van der Waals surface area contributed by atoms with Gasteiger partial charge in [0, 0.05) is 6.20 Å². The zero-order chi connectivity index (χ0) is 17.9. The summed E-state index contributed by atoms with van der Waals surface area (Å²) in [5.74, 6) is -1.28. The van der Waals surface area contributed by atoms with E-state index in [0.717, 1.165) is 21.3 Å². The molecule has 0 bridgehead atoms. The van der Waals surface area contributed by atoms with Crippen molar-refractivity contribution in [2.24, 2.45) is 0 Å². The lowest BCUT2D eigenvalue weighted by Crippen LogP contribution is -2.12. The predicted molar refractivity (Wildman–Crippen MR) is 102 cm³/mol. The number of benzene rings is 2. The first-order valence-corrected chi connectivity index (χ1v) is 8.88. The molecule has 1 atom stereocenters. The maximum Gasteiger partial charge on any atom is 0.205 e. The number of ketones is 1. The van der Waals surface area contributed by atoms with Gasteiger partial charge in [0.05, 0.1) is 16.3 Å². The maximum atomic E-state index is 12.9. The van der Waals surface area contributed by atoms with Gasteiger partial charge in [-0.2, -0.15) is 5.26 Å². The molecule has 0 aliphatic carbocycles. The number of hydrogen-bond donors (Lipinski definition) is 0. The lowest BCUT2D eigenvalue weighted by molar-refractivity contribution is 0.0974. The molecule has 4 aromatic rings. The first kappa shape index (κ1) is 16.1. The summed E-state index contributed by atoms with van der Waals surface area (Å²) in [4.78, 5) is 21.6. The Hall–Kier alpha value is -3.36. The van der Waals surface area contributed by atoms with Crippen LogP contribution in [0.4, 0.5) is 0 Å². The van der Waals surface area contributed by atoms with Crippen LogP contribution in [-0.4, -0.2) is 15.8 Å². The third kappa shape index (κ3) is 2.99. The summed E-state index contributed by atoms with van der Waals surface area (Å²) in [6.07, 6.45) is 1.60. The van der Waals surface area contributed by atoms with Crippen LogP contribution in [0.15, 0.2) is 72.9 Å². The number of aromatic nitrogens is 2. The fraction of sp³-hybridized carbons (Fsp3) is 0.0476. The molecule has 0 aliphatic heterocycles. The van der Waals surface area contributed by atoms with Crippen LogP contribution < -0.4 is 0 Å². The molecule has 0 saturated carbocycles. The van der Waals surface area contributed by atoms with Gasteiger partial charge >= 0.3 is 0 Å². The fourth-order valence-corrected chi connectivity index (χ4v) is 3.77. The first-order valence-electron chi connectivity index (χ1n) is 8.07. The molecule has 0 fully saturated rings. The summed E-state index contributed by atoms with van der Waals surface area (Å²) in [5.41, 5.74) is 2.96. The van der Waals surface area contributed by atoms with E-state index in [1.807, 2.05) is 60.7 Å². The molecular formula is C21H13N3OS. The van der Waals surface area contributed by atoms with Crippen LogP contribution in [0.5, 0.6) is 0 Å². The number of pyridine rings is 1. The molecule has 4 nitrogen and oxygen atoms in total. The minimum Gasteiger partial charge on any atom is -0.290 e. The van der Waals surface area contributed by atoms with E-state index in [4.69, 9.17) is 0 Å². The Bertz CT molecular complexity index is 1100. The second-order valence-electron chi connectivity index (χ2n) is 5.74. The zero-order valence-corrected chi connectivity index (χ0v) is 14.5. The standard InChI is InChI=1S/C21H13N3OS/c22-13-16(21-24-17-8-4-5-9-19(17)26-21)20(25)18-12-15(10-11-23-18)14-6-2-1-3-7-14/h1-12,16H. The van der Waals surface area contributed by atoms with Gasteiger partial charge in [0.2, 0.25) is 5.78 Å². The molecule has 5 heteroatoms. The SMILES string of the molecule is N#CC(C(=O)c1cc(-c2ccccc2)ccn1)c1nc2ccccc2s1. The highest BCUT2D eigenvalue weighted by molar-refractivity contribution is 7.18. The van der Waals surface area contributed by atoms with Crippen molar-refractivity contribution in [1.82, 2.24) is 9.97 Å². The molecule has 2 heterocycles. The van der Waals surface area contributed by atoms with Crippen molar-refractivity contribution < 1.29 is 4.79 Å². The number of para-hydroxylation sites is 1. The third-order valence-corrected chi connectivity index (χ3v) is 5.17. The van der Waals surface area contributed by atoms with E-state index in [9.17, 15) is 10.1 Å². The summed E-state index contributed by atoms with van der Waals surface area (Å²) in [6, 6.07) is 23.1. The number of hydrogen-bond acceptors (Lipinski definition) is 5. The smallest absolute Gasteiger partial charge is 0.205 e. The van der Waals surface area contributed by atoms with E-state index in [2.05, 4.69) is 16.0 Å². The van der Waals surface area contributed by atoms with Gasteiger partial charge in [-0.1, -0.05) is 42.5 Å². The van der Waals surface area contributed by atoms with Crippen molar-refractivity contribution in [3.63, 3.8) is 0 Å². The van der Waals surface area contributed by atoms with Crippen molar-refractivity contribution >= 4 is 27.3 Å². The van der Waals surface area contributed by atoms with Gasteiger partial charge < -0.3 is 0 Å². The molecule has 0 amide bonds. The highest BCUT2D eigenvalue weighted by Gasteiger charge is 2.26. The Labute approximate surface area is 154 Å². The van der Waals surface area contributed by atoms with E-state index in [1.54, 1.807) is 12.3 Å². The number of fused-ring (bicyclic) bond motifs is 1. The van der Waals surface area contributed by atoms with E-state index < -0.39 is 5.92 Å². The lowest BCUT2D eigenvalue weighted by atomic mass is 10.00. The second kappa shape index (κ2) is 6.87. The van der Waals surface area contributed by atoms with Crippen molar-refractivity contribution in [2.45, 2.75) is 5.92 Å². The first-order chi connectivity index (χ1) is 12.8. The Balaban J connectivity index is 1.71. The number of nitriles is 1. The molecule has 0 spiro atoms. The van der Waals surface area contributed by atoms with Crippen LogP contribution in [-0.2, 0) is 0 Å². The summed E-state index contributed by atoms with van der Waals surface area (Å²) >= 11 is 1.37. The molecule has 26 heavy (non-hydrogen) atoms. The monoisotopic (exact) mass is 355 g/mol. The second-order valence-corrected chi connectivity index (χ2v) is 6.80. The average molecular weight is 355 g/mol. The number of rotatable bonds is 4. The molecule has 2 aromatic heterocycles. The molecule has 0 aliphatic rings. The number of thiazole rings is 1. The molecular weight excluding hydrogens is 342 g/mol. The quantitative estimate of drug-likeness (QED) is 0.491. The van der Waals surface area contributed by atoms with Gasteiger partial charge in [0.1, 0.15) is 10.7 Å². The van der Waals surface area contributed by atoms with Crippen LogP contribution in [0, 0.1) is 11.3 Å². The molecule has 2 aromatic carbocycles. The molecule has 0 radical (unpaired) electrons. The van der Waals surface area contributed by atoms with Crippen LogP contribution >= 0.6 is 11.3 Å². The van der Waals surface area contributed by atoms with Crippen molar-refractivity contribution in [3.8, 4) is 17.2 Å². The van der Waals surface area contributed by atoms with E-state index in [1.165, 1.54) is 11.3 Å². The Kier molecular flexibility index (Phi) is 4.26. The van der Waals surface area contributed by atoms with Crippen LogP contribution in [0.25, 0.3) is 21.3 Å². The normalized spacial score (nSPS) is 11.8. The van der Waals surface area contributed by atoms with Crippen LogP contribution in [0.2, 0.25) is 0 Å². The largest absolute Gasteiger partial charge is 0.290 e. The van der Waals surface area contributed by atoms with E-state index >= 15 is 0 Å². The van der Waals surface area contributed by atoms with Gasteiger partial charge in [-0.05, 0) is 35.4 Å². The third-order valence-electron chi connectivity index (χ3n) is 4.07. The Morgan fingerprint density at radius 3 is 2.54 bits per heavy atom. The van der Waals surface area contributed by atoms with E-state index in [0.29, 0.717) is 5.01 Å². The Morgan fingerprint density at radius 1 is 1.00 bits per heavy atom. The van der Waals surface area contributed by atoms with Crippen molar-refractivity contribution in [1.29, 1.82) is 5.26 Å². The number of Topliss-reactive ketones (excluding diaryl/α,β-unsaturated/α-hetero) is 1. The van der Waals surface area contributed by atoms with Crippen molar-refractivity contribution in [2.75, 3.05) is 0 Å². The van der Waals surface area contributed by atoms with Crippen LogP contribution in [0.1, 0.15) is 21.4 Å². The van der Waals surface area contributed by atoms with Gasteiger partial charge in [0.15, 0.2) is 5.92 Å². The highest BCUT2D eigenvalue weighted by atomic mass is 32.1. The molecule has 124 valence electrons. The summed E-state index contributed by atoms with van der Waals surface area (Å²) < 4.78 is 0.960. The minimum atomic E-state index is -0.953. The molecule has 1 unspecified atom stereocenters. The van der Waals surface area contributed by atoms with Crippen molar-refractivity contribution in [3.05, 3.63) is 83.6 Å². The highest BCUT2D eigenvalue weighted by Crippen LogP contribution is 2.29. The van der Waals surface area contributed by atoms with Gasteiger partial charge in [-0.3, -0.25) is 9.78 Å². The number of carbonyl (C=O) groups is 1. The van der Waals surface area contributed by atoms with E-state index in [-0.39, 0.29) is 11.5 Å². The minimum absolute atomic E-state index is 0.275. The maximum absolute atomic E-state index is 12.9. The predicted octanol–water partition coefficient (Wildman–Crippen LogP) is 4.85. The van der Waals surface area contributed by atoms with Gasteiger partial charge in [-0.15, -0.1) is 11.3 Å². The van der Waals surface area contributed by atoms with Gasteiger partial charge in [0.25, 0.3) is 0 Å². The topological polar surface area (TPSA) is 66.6 Å². The molecule has 0 N–H and O–H groups in total. The molecule has 4 rings (SSSR count). The summed E-state index contributed by atoms with van der Waals surface area (Å²) in [7, 11) is 0. The lowest BCUT2D eigenvalue weighted by Gasteiger charge is -2.07. The summed E-state index contributed by atoms with van der Waals surface area (Å²) in [6.45, 7) is 0. The summed E-state index contributed by atoms with van der Waals surface area (Å²) in [5, 5.41) is 10.1. The van der Waals surface area contributed by atoms with Gasteiger partial charge in [-0.25, -0.2) is 4.98 Å². The molecule has 0 saturated heterocycles.